The zero-order valence-corrected chi connectivity index (χ0v) is 21.5. The number of amides is 2. The summed E-state index contributed by atoms with van der Waals surface area (Å²) in [5.41, 5.74) is 3.66. The van der Waals surface area contributed by atoms with Gasteiger partial charge in [-0.2, -0.15) is 0 Å². The van der Waals surface area contributed by atoms with Crippen molar-refractivity contribution in [3.8, 4) is 0 Å². The Labute approximate surface area is 209 Å². The highest BCUT2D eigenvalue weighted by atomic mass is 79.9. The van der Waals surface area contributed by atoms with Crippen LogP contribution in [0.1, 0.15) is 54.7 Å². The smallest absolute Gasteiger partial charge is 0.252 e. The molecule has 3 aromatic rings. The van der Waals surface area contributed by atoms with Crippen molar-refractivity contribution >= 4 is 39.2 Å². The maximum atomic E-state index is 12.9. The second-order valence-electron chi connectivity index (χ2n) is 8.62. The van der Waals surface area contributed by atoms with Crippen molar-refractivity contribution in [1.29, 1.82) is 0 Å². The van der Waals surface area contributed by atoms with Crippen LogP contribution in [-0.2, 0) is 17.8 Å². The lowest BCUT2D eigenvalue weighted by atomic mass is 10.2. The lowest BCUT2D eigenvalue weighted by molar-refractivity contribution is -0.127. The third-order valence-corrected chi connectivity index (χ3v) is 6.76. The first-order valence-corrected chi connectivity index (χ1v) is 12.9. The van der Waals surface area contributed by atoms with Crippen molar-refractivity contribution < 1.29 is 9.59 Å². The molecule has 0 bridgehead atoms. The van der Waals surface area contributed by atoms with Gasteiger partial charge in [0, 0.05) is 49.8 Å². The van der Waals surface area contributed by atoms with Crippen LogP contribution in [0.2, 0.25) is 0 Å². The third kappa shape index (κ3) is 5.43. The predicted octanol–water partition coefficient (Wildman–Crippen LogP) is 4.43. The van der Waals surface area contributed by atoms with Crippen LogP contribution in [0.4, 0.5) is 5.82 Å². The first-order chi connectivity index (χ1) is 16.5. The van der Waals surface area contributed by atoms with Gasteiger partial charge in [-0.05, 0) is 56.0 Å². The number of hydrogen-bond donors (Lipinski definition) is 1. The molecule has 1 saturated heterocycles. The molecule has 4 rings (SSSR count). The molecule has 0 spiro atoms. The summed E-state index contributed by atoms with van der Waals surface area (Å²) in [4.78, 5) is 33.6. The molecule has 0 aliphatic carbocycles. The molecule has 34 heavy (non-hydrogen) atoms. The number of anilines is 1. The van der Waals surface area contributed by atoms with E-state index >= 15 is 0 Å². The van der Waals surface area contributed by atoms with E-state index in [1.165, 1.54) is 5.56 Å². The number of aromatic nitrogens is 2. The number of hydrogen-bond acceptors (Lipinski definition) is 4. The zero-order chi connectivity index (χ0) is 24.1. The fourth-order valence-electron chi connectivity index (χ4n) is 4.49. The minimum absolute atomic E-state index is 0.109. The number of nitrogens with one attached hydrogen (secondary N) is 1. The summed E-state index contributed by atoms with van der Waals surface area (Å²) in [7, 11) is 0. The Hall–Kier alpha value is -2.87. The predicted molar refractivity (Wildman–Crippen MR) is 138 cm³/mol. The van der Waals surface area contributed by atoms with Crippen molar-refractivity contribution in [2.45, 2.75) is 46.1 Å². The number of rotatable bonds is 10. The molecule has 8 heteroatoms. The second-order valence-corrected chi connectivity index (χ2v) is 9.54. The van der Waals surface area contributed by atoms with E-state index in [0.29, 0.717) is 25.1 Å². The quantitative estimate of drug-likeness (QED) is 0.397. The van der Waals surface area contributed by atoms with Crippen molar-refractivity contribution in [3.05, 3.63) is 63.9 Å². The molecule has 0 unspecified atom stereocenters. The van der Waals surface area contributed by atoms with Crippen LogP contribution < -0.4 is 10.2 Å². The molecule has 0 saturated carbocycles. The van der Waals surface area contributed by atoms with E-state index in [9.17, 15) is 9.59 Å². The molecule has 1 N–H and O–H groups in total. The largest absolute Gasteiger partial charge is 0.352 e. The number of benzene rings is 1. The van der Waals surface area contributed by atoms with E-state index in [4.69, 9.17) is 4.98 Å². The minimum atomic E-state index is -0.109. The SMILES string of the molecule is CCc1nc2ccc(C(=O)NCCCN3CCCC3=O)cn2c1N(CC)Cc1cccc(Br)c1. The summed E-state index contributed by atoms with van der Waals surface area (Å²) in [6.45, 7) is 7.89. The van der Waals surface area contributed by atoms with Crippen LogP contribution in [0, 0.1) is 0 Å². The van der Waals surface area contributed by atoms with Gasteiger partial charge in [0.15, 0.2) is 0 Å². The fraction of sp³-hybridized carbons (Fsp3) is 0.423. The molecule has 1 aromatic carbocycles. The highest BCUT2D eigenvalue weighted by Gasteiger charge is 2.20. The zero-order valence-electron chi connectivity index (χ0n) is 19.9. The van der Waals surface area contributed by atoms with E-state index in [-0.39, 0.29) is 11.8 Å². The van der Waals surface area contributed by atoms with Crippen LogP contribution >= 0.6 is 15.9 Å². The van der Waals surface area contributed by atoms with Gasteiger partial charge in [-0.15, -0.1) is 0 Å². The van der Waals surface area contributed by atoms with E-state index in [1.54, 1.807) is 0 Å². The molecule has 0 radical (unpaired) electrons. The topological polar surface area (TPSA) is 70.0 Å². The first-order valence-electron chi connectivity index (χ1n) is 12.1. The number of nitrogens with zero attached hydrogens (tertiary/aromatic N) is 4. The number of likely N-dealkylation sites (tertiary alicyclic amines) is 1. The van der Waals surface area contributed by atoms with Crippen molar-refractivity contribution in [1.82, 2.24) is 19.6 Å². The molecule has 2 aromatic heterocycles. The van der Waals surface area contributed by atoms with Gasteiger partial charge in [0.25, 0.3) is 5.91 Å². The fourth-order valence-corrected chi connectivity index (χ4v) is 4.94. The van der Waals surface area contributed by atoms with Gasteiger partial charge >= 0.3 is 0 Å². The summed E-state index contributed by atoms with van der Waals surface area (Å²) in [6, 6.07) is 12.1. The Balaban J connectivity index is 1.50. The first kappa shape index (κ1) is 24.3. The van der Waals surface area contributed by atoms with E-state index in [0.717, 1.165) is 60.5 Å². The number of fused-ring (bicyclic) bond motifs is 1. The molecule has 3 heterocycles. The van der Waals surface area contributed by atoms with Gasteiger partial charge in [0.1, 0.15) is 11.5 Å². The van der Waals surface area contributed by atoms with Gasteiger partial charge < -0.3 is 15.1 Å². The molecule has 1 fully saturated rings. The number of imidazole rings is 1. The lowest BCUT2D eigenvalue weighted by Gasteiger charge is -2.24. The summed E-state index contributed by atoms with van der Waals surface area (Å²) >= 11 is 3.56. The number of aryl methyl sites for hydroxylation is 1. The van der Waals surface area contributed by atoms with Gasteiger partial charge in [0.05, 0.1) is 11.3 Å². The normalized spacial score (nSPS) is 13.6. The van der Waals surface area contributed by atoms with Crippen LogP contribution in [-0.4, -0.2) is 52.3 Å². The average Bonchev–Trinajstić information content (AvgIpc) is 3.42. The van der Waals surface area contributed by atoms with Gasteiger partial charge in [-0.1, -0.05) is 35.0 Å². The highest BCUT2D eigenvalue weighted by Crippen LogP contribution is 2.26. The van der Waals surface area contributed by atoms with Crippen molar-refractivity contribution in [2.75, 3.05) is 31.1 Å². The molecule has 180 valence electrons. The standard InChI is InChI=1S/C26H32BrN5O2/c1-3-22-26(30(4-2)17-19-8-5-9-21(27)16-19)32-18-20(11-12-23(32)29-22)25(34)28-13-7-15-31-14-6-10-24(31)33/h5,8-9,11-12,16,18H,3-4,6-7,10,13-15,17H2,1-2H3,(H,28,34). The van der Waals surface area contributed by atoms with Gasteiger partial charge in [0.2, 0.25) is 5.91 Å². The molecule has 0 atom stereocenters. The van der Waals surface area contributed by atoms with E-state index in [1.807, 2.05) is 39.8 Å². The molecule has 7 nitrogen and oxygen atoms in total. The van der Waals surface area contributed by atoms with Gasteiger partial charge in [-0.3, -0.25) is 14.0 Å². The molecular weight excluding hydrogens is 494 g/mol. The number of carbonyl (C=O) groups is 2. The number of pyridine rings is 1. The summed E-state index contributed by atoms with van der Waals surface area (Å²) in [6.07, 6.45) is 5.04. The molecule has 1 aliphatic heterocycles. The Bertz CT molecular complexity index is 1180. The van der Waals surface area contributed by atoms with E-state index in [2.05, 4.69) is 52.1 Å². The van der Waals surface area contributed by atoms with Crippen LogP contribution in [0.15, 0.2) is 47.1 Å². The number of carbonyl (C=O) groups excluding carboxylic acids is 2. The average molecular weight is 526 g/mol. The second kappa shape index (κ2) is 11.0. The Morgan fingerprint density at radius 2 is 2.09 bits per heavy atom. The van der Waals surface area contributed by atoms with Crippen LogP contribution in [0.3, 0.4) is 0 Å². The summed E-state index contributed by atoms with van der Waals surface area (Å²) in [5.74, 6) is 1.14. The maximum Gasteiger partial charge on any atom is 0.252 e. The highest BCUT2D eigenvalue weighted by molar-refractivity contribution is 9.10. The lowest BCUT2D eigenvalue weighted by Crippen LogP contribution is -2.30. The Kier molecular flexibility index (Phi) is 7.88. The molecule has 2 amide bonds. The Morgan fingerprint density at radius 3 is 2.79 bits per heavy atom. The van der Waals surface area contributed by atoms with Gasteiger partial charge in [-0.25, -0.2) is 4.98 Å². The molecular formula is C26H32BrN5O2. The van der Waals surface area contributed by atoms with Crippen molar-refractivity contribution in [3.63, 3.8) is 0 Å². The minimum Gasteiger partial charge on any atom is -0.352 e. The van der Waals surface area contributed by atoms with Crippen LogP contribution in [0.25, 0.3) is 5.65 Å². The van der Waals surface area contributed by atoms with Crippen LogP contribution in [0.5, 0.6) is 0 Å². The Morgan fingerprint density at radius 1 is 1.24 bits per heavy atom. The molecule has 1 aliphatic rings. The summed E-state index contributed by atoms with van der Waals surface area (Å²) < 4.78 is 3.10. The summed E-state index contributed by atoms with van der Waals surface area (Å²) in [5, 5.41) is 3.00. The number of halogens is 1. The van der Waals surface area contributed by atoms with Crippen molar-refractivity contribution in [2.24, 2.45) is 0 Å². The third-order valence-electron chi connectivity index (χ3n) is 6.27. The monoisotopic (exact) mass is 525 g/mol. The van der Waals surface area contributed by atoms with E-state index < -0.39 is 0 Å². The maximum absolute atomic E-state index is 12.9.